The maximum absolute atomic E-state index is 14.3. The molecule has 0 saturated carbocycles. The molecular weight excluding hydrogens is 464 g/mol. The molecule has 37 heavy (non-hydrogen) atoms. The smallest absolute Gasteiger partial charge is 0.266 e. The van der Waals surface area contributed by atoms with E-state index < -0.39 is 17.4 Å². The van der Waals surface area contributed by atoms with E-state index in [-0.39, 0.29) is 23.4 Å². The third-order valence-electron chi connectivity index (χ3n) is 8.10. The number of rotatable bonds is 3. The van der Waals surface area contributed by atoms with Crippen molar-refractivity contribution in [2.75, 3.05) is 4.90 Å². The van der Waals surface area contributed by atoms with Gasteiger partial charge in [0, 0.05) is 11.6 Å². The molecule has 184 valence electrons. The molecule has 0 aliphatic carbocycles. The number of amides is 2. The Morgan fingerprint density at radius 3 is 2.38 bits per heavy atom. The van der Waals surface area contributed by atoms with Gasteiger partial charge < -0.3 is 0 Å². The molecule has 0 radical (unpaired) electrons. The van der Waals surface area contributed by atoms with Crippen LogP contribution >= 0.6 is 0 Å². The predicted molar refractivity (Wildman–Crippen MR) is 140 cm³/mol. The first-order valence-corrected chi connectivity index (χ1v) is 12.8. The summed E-state index contributed by atoms with van der Waals surface area (Å²) in [6, 6.07) is 23.8. The molecule has 4 atom stereocenters. The van der Waals surface area contributed by atoms with Gasteiger partial charge in [0.15, 0.2) is 0 Å². The van der Waals surface area contributed by atoms with Gasteiger partial charge in [0.1, 0.15) is 11.4 Å². The molecule has 2 amide bonds. The molecule has 7 rings (SSSR count). The van der Waals surface area contributed by atoms with E-state index in [4.69, 9.17) is 4.98 Å². The van der Waals surface area contributed by atoms with Crippen molar-refractivity contribution in [1.82, 2.24) is 14.9 Å². The standard InChI is InChI=1S/C30H26N4O3/c1-17(2)16-22-24-25(28(37)33(27(24)36)18-10-4-3-5-11-18)30(32-22)20-13-7-9-15-23(20)34-26(35)19-12-6-8-14-21(19)31-29(30)34/h3-15,17,22,24-25,32H,16H2,1-2H3/t22-,24-,25-,30+/m1/s1. The van der Waals surface area contributed by atoms with Crippen LogP contribution in [0.5, 0.6) is 0 Å². The molecule has 0 unspecified atom stereocenters. The molecule has 0 bridgehead atoms. The second kappa shape index (κ2) is 7.70. The number of anilines is 1. The Kier molecular flexibility index (Phi) is 4.60. The fraction of sp³-hybridized carbons (Fsp3) is 0.267. The van der Waals surface area contributed by atoms with Crippen LogP contribution in [0.4, 0.5) is 5.69 Å². The maximum Gasteiger partial charge on any atom is 0.266 e. The average molecular weight is 491 g/mol. The second-order valence-corrected chi connectivity index (χ2v) is 10.6. The molecule has 3 aromatic carbocycles. The van der Waals surface area contributed by atoms with E-state index >= 15 is 0 Å². The van der Waals surface area contributed by atoms with Gasteiger partial charge in [-0.1, -0.05) is 62.4 Å². The highest BCUT2D eigenvalue weighted by atomic mass is 16.2. The Balaban J connectivity index is 1.53. The summed E-state index contributed by atoms with van der Waals surface area (Å²) in [7, 11) is 0. The number of hydrogen-bond acceptors (Lipinski definition) is 5. The Labute approximate surface area is 213 Å². The molecule has 3 aliphatic rings. The molecule has 1 spiro atoms. The van der Waals surface area contributed by atoms with Crippen molar-refractivity contribution < 1.29 is 9.59 Å². The first kappa shape index (κ1) is 22.1. The Bertz CT molecular complexity index is 1660. The van der Waals surface area contributed by atoms with Crippen LogP contribution in [0.1, 0.15) is 31.7 Å². The fourth-order valence-electron chi connectivity index (χ4n) is 6.76. The lowest BCUT2D eigenvalue weighted by Crippen LogP contribution is -2.50. The SMILES string of the molecule is CC(C)C[C@H]1N[C@@]2(c3ccccc3-n3c2nc2ccccc2c3=O)[C@H]2C(=O)N(c3ccccc3)C(=O)[C@H]12. The van der Waals surface area contributed by atoms with E-state index in [1.54, 1.807) is 22.8 Å². The minimum Gasteiger partial charge on any atom is -0.297 e. The molecule has 1 aromatic heterocycles. The number of carbonyl (C=O) groups is 2. The Morgan fingerprint density at radius 1 is 0.892 bits per heavy atom. The first-order valence-electron chi connectivity index (χ1n) is 12.8. The highest BCUT2D eigenvalue weighted by Gasteiger charge is 2.69. The number of para-hydroxylation sites is 3. The lowest BCUT2D eigenvalue weighted by atomic mass is 9.75. The van der Waals surface area contributed by atoms with Gasteiger partial charge >= 0.3 is 0 Å². The van der Waals surface area contributed by atoms with Crippen LogP contribution in [-0.2, 0) is 15.1 Å². The molecule has 3 aliphatic heterocycles. The number of fused-ring (bicyclic) bond motifs is 8. The van der Waals surface area contributed by atoms with Crippen molar-refractivity contribution >= 4 is 28.4 Å². The van der Waals surface area contributed by atoms with Crippen LogP contribution in [0.3, 0.4) is 0 Å². The summed E-state index contributed by atoms with van der Waals surface area (Å²) in [5.41, 5.74) is 1.39. The Morgan fingerprint density at radius 2 is 1.59 bits per heavy atom. The third kappa shape index (κ3) is 2.80. The Hall–Kier alpha value is -4.10. The largest absolute Gasteiger partial charge is 0.297 e. The average Bonchev–Trinajstić information content (AvgIpc) is 3.47. The summed E-state index contributed by atoms with van der Waals surface area (Å²) >= 11 is 0. The van der Waals surface area contributed by atoms with Crippen molar-refractivity contribution in [2.45, 2.75) is 31.8 Å². The number of nitrogens with zero attached hydrogens (tertiary/aromatic N) is 3. The lowest BCUT2D eigenvalue weighted by Gasteiger charge is -2.32. The molecule has 7 heteroatoms. The number of aromatic nitrogens is 2. The summed E-state index contributed by atoms with van der Waals surface area (Å²) in [4.78, 5) is 48.5. The van der Waals surface area contributed by atoms with Gasteiger partial charge in [0.05, 0.1) is 34.1 Å². The van der Waals surface area contributed by atoms with Crippen molar-refractivity contribution in [3.05, 3.63) is 101 Å². The lowest BCUT2D eigenvalue weighted by molar-refractivity contribution is -0.123. The monoisotopic (exact) mass is 490 g/mol. The number of nitrogens with one attached hydrogen (secondary N) is 1. The van der Waals surface area contributed by atoms with Crippen LogP contribution < -0.4 is 15.8 Å². The van der Waals surface area contributed by atoms with Crippen LogP contribution in [0.25, 0.3) is 16.6 Å². The number of imide groups is 1. The topological polar surface area (TPSA) is 84.3 Å². The quantitative estimate of drug-likeness (QED) is 0.442. The van der Waals surface area contributed by atoms with E-state index in [1.807, 2.05) is 60.7 Å². The van der Waals surface area contributed by atoms with Gasteiger partial charge in [-0.3, -0.25) is 24.3 Å². The maximum atomic E-state index is 14.3. The van der Waals surface area contributed by atoms with Gasteiger partial charge in [0.25, 0.3) is 5.56 Å². The summed E-state index contributed by atoms with van der Waals surface area (Å²) in [6.45, 7) is 4.23. The zero-order valence-electron chi connectivity index (χ0n) is 20.6. The van der Waals surface area contributed by atoms with Crippen LogP contribution in [0.2, 0.25) is 0 Å². The number of hydrogen-bond donors (Lipinski definition) is 1. The number of benzene rings is 3. The fourth-order valence-corrected chi connectivity index (χ4v) is 6.76. The summed E-state index contributed by atoms with van der Waals surface area (Å²) in [6.07, 6.45) is 0.713. The van der Waals surface area contributed by atoms with Crippen molar-refractivity contribution in [3.8, 4) is 5.69 Å². The van der Waals surface area contributed by atoms with Crippen LogP contribution in [0.15, 0.2) is 83.7 Å². The van der Waals surface area contributed by atoms with Gasteiger partial charge in [-0.05, 0) is 42.7 Å². The van der Waals surface area contributed by atoms with E-state index in [2.05, 4.69) is 19.2 Å². The molecule has 2 saturated heterocycles. The number of carbonyl (C=O) groups excluding carboxylic acids is 2. The van der Waals surface area contributed by atoms with Crippen LogP contribution in [-0.4, -0.2) is 27.4 Å². The van der Waals surface area contributed by atoms with E-state index in [0.717, 1.165) is 5.56 Å². The molecule has 4 aromatic rings. The van der Waals surface area contributed by atoms with Gasteiger partial charge in [-0.2, -0.15) is 0 Å². The second-order valence-electron chi connectivity index (χ2n) is 10.6. The van der Waals surface area contributed by atoms with E-state index in [9.17, 15) is 14.4 Å². The van der Waals surface area contributed by atoms with E-state index in [0.29, 0.717) is 40.4 Å². The van der Waals surface area contributed by atoms with Gasteiger partial charge in [-0.15, -0.1) is 0 Å². The van der Waals surface area contributed by atoms with Gasteiger partial charge in [-0.25, -0.2) is 9.88 Å². The molecular formula is C30H26N4O3. The van der Waals surface area contributed by atoms with E-state index in [1.165, 1.54) is 4.90 Å². The predicted octanol–water partition coefficient (Wildman–Crippen LogP) is 3.77. The summed E-state index contributed by atoms with van der Waals surface area (Å²) in [5.74, 6) is -0.981. The molecule has 2 fully saturated rings. The minimum absolute atomic E-state index is 0.174. The zero-order chi connectivity index (χ0) is 25.5. The first-order chi connectivity index (χ1) is 17.9. The summed E-state index contributed by atoms with van der Waals surface area (Å²) < 4.78 is 1.64. The molecule has 7 nitrogen and oxygen atoms in total. The zero-order valence-corrected chi connectivity index (χ0v) is 20.6. The van der Waals surface area contributed by atoms with Crippen LogP contribution in [0, 0.1) is 17.8 Å². The summed E-state index contributed by atoms with van der Waals surface area (Å²) in [5, 5.41) is 4.27. The highest BCUT2D eigenvalue weighted by molar-refractivity contribution is 6.23. The molecule has 1 N–H and O–H groups in total. The third-order valence-corrected chi connectivity index (χ3v) is 8.10. The normalized spacial score (nSPS) is 25.8. The van der Waals surface area contributed by atoms with Crippen molar-refractivity contribution in [2.24, 2.45) is 17.8 Å². The highest BCUT2D eigenvalue weighted by Crippen LogP contribution is 2.56. The van der Waals surface area contributed by atoms with Crippen molar-refractivity contribution in [3.63, 3.8) is 0 Å². The van der Waals surface area contributed by atoms with Gasteiger partial charge in [0.2, 0.25) is 11.8 Å². The minimum atomic E-state index is -1.10. The van der Waals surface area contributed by atoms with Crippen molar-refractivity contribution in [1.29, 1.82) is 0 Å². The molecule has 4 heterocycles.